The number of fused-ring (bicyclic) bond motifs is 1. The molecule has 0 saturated carbocycles. The molecule has 5 nitrogen and oxygen atoms in total. The minimum Gasteiger partial charge on any atom is -0.258 e. The van der Waals surface area contributed by atoms with Crippen LogP contribution in [0.15, 0.2) is 70.9 Å². The van der Waals surface area contributed by atoms with Crippen LogP contribution >= 0.6 is 11.6 Å². The topological polar surface area (TPSA) is 67.9 Å². The Hall–Kier alpha value is -2.79. The molecule has 6 heteroatoms. The fraction of sp³-hybridized carbons (Fsp3) is 0. The monoisotopic (exact) mass is 311 g/mol. The summed E-state index contributed by atoms with van der Waals surface area (Å²) in [7, 11) is 0. The van der Waals surface area contributed by atoms with Gasteiger partial charge in [0, 0.05) is 17.5 Å². The molecule has 0 aliphatic carbocycles. The number of nitro groups is 1. The molecule has 0 aromatic heterocycles. The molecule has 0 bridgehead atoms. The normalized spacial score (nSPS) is 11.1. The van der Waals surface area contributed by atoms with Gasteiger partial charge in [-0.15, -0.1) is 5.11 Å². The number of rotatable bonds is 3. The van der Waals surface area contributed by atoms with Crippen molar-refractivity contribution in [3.63, 3.8) is 0 Å². The number of nitrogens with zero attached hydrogens (tertiary/aromatic N) is 3. The van der Waals surface area contributed by atoms with Crippen LogP contribution < -0.4 is 0 Å². The third-order valence-corrected chi connectivity index (χ3v) is 3.46. The summed E-state index contributed by atoms with van der Waals surface area (Å²) < 4.78 is 0. The van der Waals surface area contributed by atoms with E-state index in [-0.39, 0.29) is 5.69 Å². The predicted molar refractivity (Wildman–Crippen MR) is 86.2 cm³/mol. The van der Waals surface area contributed by atoms with Crippen LogP contribution in [0.3, 0.4) is 0 Å². The van der Waals surface area contributed by atoms with Crippen LogP contribution in [0.1, 0.15) is 0 Å². The van der Waals surface area contributed by atoms with Crippen molar-refractivity contribution in [2.75, 3.05) is 0 Å². The van der Waals surface area contributed by atoms with Crippen molar-refractivity contribution in [1.29, 1.82) is 0 Å². The van der Waals surface area contributed by atoms with Crippen molar-refractivity contribution >= 4 is 39.4 Å². The summed E-state index contributed by atoms with van der Waals surface area (Å²) in [6.07, 6.45) is 0. The van der Waals surface area contributed by atoms with Gasteiger partial charge in [-0.25, -0.2) is 0 Å². The minimum absolute atomic E-state index is 0.0273. The van der Waals surface area contributed by atoms with E-state index < -0.39 is 4.92 Å². The van der Waals surface area contributed by atoms with E-state index in [0.29, 0.717) is 16.4 Å². The zero-order chi connectivity index (χ0) is 15.5. The minimum atomic E-state index is -0.468. The Bertz CT molecular complexity index is 893. The van der Waals surface area contributed by atoms with Crippen LogP contribution in [-0.2, 0) is 0 Å². The predicted octanol–water partition coefficient (Wildman–Crippen LogP) is 5.82. The molecule has 0 radical (unpaired) electrons. The number of azo groups is 1. The Labute approximate surface area is 131 Å². The molecule has 0 fully saturated rings. The first-order valence-corrected chi connectivity index (χ1v) is 6.86. The number of hydrogen-bond acceptors (Lipinski definition) is 4. The summed E-state index contributed by atoms with van der Waals surface area (Å²) in [6.45, 7) is 0. The first-order valence-electron chi connectivity index (χ1n) is 6.48. The number of nitro benzene ring substituents is 1. The average Bonchev–Trinajstić information content (AvgIpc) is 2.54. The van der Waals surface area contributed by atoms with E-state index in [4.69, 9.17) is 11.6 Å². The zero-order valence-corrected chi connectivity index (χ0v) is 12.1. The van der Waals surface area contributed by atoms with Crippen LogP contribution in [0.2, 0.25) is 5.02 Å². The Morgan fingerprint density at radius 1 is 0.955 bits per heavy atom. The van der Waals surface area contributed by atoms with Gasteiger partial charge in [-0.2, -0.15) is 5.11 Å². The van der Waals surface area contributed by atoms with Gasteiger partial charge in [-0.05, 0) is 17.5 Å². The molecule has 3 aromatic carbocycles. The summed E-state index contributed by atoms with van der Waals surface area (Å²) in [4.78, 5) is 10.3. The van der Waals surface area contributed by atoms with Gasteiger partial charge in [0.1, 0.15) is 5.69 Å². The van der Waals surface area contributed by atoms with Gasteiger partial charge in [-0.1, -0.05) is 48.0 Å². The van der Waals surface area contributed by atoms with Crippen molar-refractivity contribution in [1.82, 2.24) is 0 Å². The first-order chi connectivity index (χ1) is 10.6. The molecule has 108 valence electrons. The van der Waals surface area contributed by atoms with Gasteiger partial charge in [0.2, 0.25) is 0 Å². The lowest BCUT2D eigenvalue weighted by molar-refractivity contribution is -0.384. The van der Waals surface area contributed by atoms with Crippen LogP contribution in [0.25, 0.3) is 10.8 Å². The number of hydrogen-bond donors (Lipinski definition) is 0. The van der Waals surface area contributed by atoms with Crippen molar-refractivity contribution in [2.24, 2.45) is 10.2 Å². The Balaban J connectivity index is 2.04. The molecule has 0 heterocycles. The second-order valence-corrected chi connectivity index (χ2v) is 5.00. The van der Waals surface area contributed by atoms with Crippen molar-refractivity contribution in [3.05, 3.63) is 75.8 Å². The molecular weight excluding hydrogens is 302 g/mol. The Morgan fingerprint density at radius 2 is 1.77 bits per heavy atom. The van der Waals surface area contributed by atoms with E-state index in [0.717, 1.165) is 10.8 Å². The molecule has 0 aliphatic heterocycles. The maximum atomic E-state index is 10.8. The quantitative estimate of drug-likeness (QED) is 0.347. The Morgan fingerprint density at radius 3 is 2.59 bits per heavy atom. The molecule has 22 heavy (non-hydrogen) atoms. The van der Waals surface area contributed by atoms with Gasteiger partial charge < -0.3 is 0 Å². The number of benzene rings is 3. The largest absolute Gasteiger partial charge is 0.271 e. The summed E-state index contributed by atoms with van der Waals surface area (Å²) in [6, 6.07) is 17.3. The average molecular weight is 312 g/mol. The van der Waals surface area contributed by atoms with E-state index >= 15 is 0 Å². The van der Waals surface area contributed by atoms with Crippen LogP contribution in [0.5, 0.6) is 0 Å². The lowest BCUT2D eigenvalue weighted by atomic mass is 10.1. The van der Waals surface area contributed by atoms with Crippen LogP contribution in [-0.4, -0.2) is 4.92 Å². The molecule has 3 rings (SSSR count). The molecule has 0 atom stereocenters. The van der Waals surface area contributed by atoms with Gasteiger partial charge in [0.05, 0.1) is 15.6 Å². The van der Waals surface area contributed by atoms with Gasteiger partial charge in [-0.3, -0.25) is 10.1 Å². The maximum Gasteiger partial charge on any atom is 0.271 e. The highest BCUT2D eigenvalue weighted by Gasteiger charge is 2.07. The van der Waals surface area contributed by atoms with Crippen molar-refractivity contribution in [3.8, 4) is 0 Å². The molecule has 3 aromatic rings. The van der Waals surface area contributed by atoms with Gasteiger partial charge in [0.15, 0.2) is 0 Å². The van der Waals surface area contributed by atoms with Crippen LogP contribution in [0, 0.1) is 10.1 Å². The maximum absolute atomic E-state index is 10.8. The first kappa shape index (κ1) is 14.2. The summed E-state index contributed by atoms with van der Waals surface area (Å²) in [5, 5.41) is 21.4. The van der Waals surface area contributed by atoms with E-state index in [1.807, 2.05) is 30.3 Å². The molecule has 0 amide bonds. The van der Waals surface area contributed by atoms with Crippen molar-refractivity contribution in [2.45, 2.75) is 0 Å². The van der Waals surface area contributed by atoms with E-state index in [1.54, 1.807) is 18.2 Å². The molecule has 0 saturated heterocycles. The second-order valence-electron chi connectivity index (χ2n) is 4.59. The summed E-state index contributed by atoms with van der Waals surface area (Å²) >= 11 is 6.19. The van der Waals surface area contributed by atoms with Gasteiger partial charge in [0.25, 0.3) is 5.69 Å². The van der Waals surface area contributed by atoms with Crippen LogP contribution in [0.4, 0.5) is 17.1 Å². The van der Waals surface area contributed by atoms with E-state index in [1.165, 1.54) is 12.1 Å². The lowest BCUT2D eigenvalue weighted by Crippen LogP contribution is -1.85. The summed E-state index contributed by atoms with van der Waals surface area (Å²) in [5.74, 6) is 0. The SMILES string of the molecule is O=[N+]([O-])c1cccc(N=Nc2c(Cl)ccc3ccccc23)c1. The fourth-order valence-electron chi connectivity index (χ4n) is 2.11. The fourth-order valence-corrected chi connectivity index (χ4v) is 2.31. The van der Waals surface area contributed by atoms with E-state index in [2.05, 4.69) is 10.2 Å². The molecule has 0 unspecified atom stereocenters. The molecular formula is C16H10ClN3O2. The highest BCUT2D eigenvalue weighted by atomic mass is 35.5. The molecule has 0 aliphatic rings. The van der Waals surface area contributed by atoms with Gasteiger partial charge >= 0.3 is 0 Å². The standard InChI is InChI=1S/C16H10ClN3O2/c17-15-9-8-11-4-1-2-7-14(11)16(15)19-18-12-5-3-6-13(10-12)20(21)22/h1-10H. The summed E-state index contributed by atoms with van der Waals surface area (Å²) in [5.41, 5.74) is 0.921. The number of halogens is 1. The van der Waals surface area contributed by atoms with Crippen molar-refractivity contribution < 1.29 is 4.92 Å². The smallest absolute Gasteiger partial charge is 0.258 e. The zero-order valence-electron chi connectivity index (χ0n) is 11.3. The third kappa shape index (κ3) is 2.80. The van der Waals surface area contributed by atoms with E-state index in [9.17, 15) is 10.1 Å². The molecule has 0 spiro atoms. The Kier molecular flexibility index (Phi) is 3.80. The second kappa shape index (κ2) is 5.91. The number of non-ortho nitro benzene ring substituents is 1. The highest BCUT2D eigenvalue weighted by molar-refractivity contribution is 6.34. The highest BCUT2D eigenvalue weighted by Crippen LogP contribution is 2.35. The third-order valence-electron chi connectivity index (χ3n) is 3.16. The molecule has 0 N–H and O–H groups in total. The lowest BCUT2D eigenvalue weighted by Gasteiger charge is -2.03.